The first-order valence-electron chi connectivity index (χ1n) is 10.1. The predicted octanol–water partition coefficient (Wildman–Crippen LogP) is 4.87. The minimum absolute atomic E-state index is 0.243. The maximum atomic E-state index is 14.4. The van der Waals surface area contributed by atoms with Crippen LogP contribution < -0.4 is 20.9 Å². The third kappa shape index (κ3) is 4.91. The lowest BCUT2D eigenvalue weighted by atomic mass is 9.81. The third-order valence-electron chi connectivity index (χ3n) is 5.22. The molecule has 0 amide bonds. The zero-order valence-corrected chi connectivity index (χ0v) is 18.8. The van der Waals surface area contributed by atoms with Crippen molar-refractivity contribution in [1.82, 2.24) is 4.98 Å². The molecular weight excluding hydrogens is 473 g/mol. The Morgan fingerprint density at radius 3 is 2.12 bits per heavy atom. The van der Waals surface area contributed by atoms with Crippen molar-refractivity contribution in [2.24, 2.45) is 11.5 Å². The molecule has 2 atom stereocenters. The van der Waals surface area contributed by atoms with Gasteiger partial charge in [0.15, 0.2) is 0 Å². The molecule has 0 saturated carbocycles. The Morgan fingerprint density at radius 1 is 0.906 bits per heavy atom. The summed E-state index contributed by atoms with van der Waals surface area (Å²) >= 11 is 3.17. The van der Waals surface area contributed by atoms with Crippen molar-refractivity contribution in [1.29, 1.82) is 0 Å². The molecule has 1 heterocycles. The normalized spacial score (nSPS) is 20.3. The van der Waals surface area contributed by atoms with Crippen LogP contribution in [-0.2, 0) is 18.8 Å². The minimum atomic E-state index is -1.33. The number of hydrogen-bond acceptors (Lipinski definition) is 5. The summed E-state index contributed by atoms with van der Waals surface area (Å²) in [6.45, 7) is 0.614. The number of benzene rings is 2. The van der Waals surface area contributed by atoms with Gasteiger partial charge in [-0.05, 0) is 45.3 Å². The summed E-state index contributed by atoms with van der Waals surface area (Å²) in [6.07, 6.45) is 2.83. The van der Waals surface area contributed by atoms with E-state index in [4.69, 9.17) is 20.9 Å². The Bertz CT molecular complexity index is 1140. The number of nitrogens with zero attached hydrogens (tertiary/aromatic N) is 1. The lowest BCUT2D eigenvalue weighted by molar-refractivity contribution is 0.260. The maximum absolute atomic E-state index is 14.4. The number of rotatable bonds is 7. The molecule has 0 radical (unpaired) electrons. The highest BCUT2D eigenvalue weighted by Gasteiger charge is 2.39. The van der Waals surface area contributed by atoms with Gasteiger partial charge in [0, 0.05) is 11.6 Å². The molecule has 0 spiro atoms. The molecule has 1 aliphatic carbocycles. The summed E-state index contributed by atoms with van der Waals surface area (Å²) in [5, 5.41) is 0. The molecule has 0 bridgehead atoms. The van der Waals surface area contributed by atoms with Crippen LogP contribution in [0.4, 0.5) is 4.39 Å². The van der Waals surface area contributed by atoms with Crippen LogP contribution in [0.3, 0.4) is 0 Å². The highest BCUT2D eigenvalue weighted by molar-refractivity contribution is 9.11. The van der Waals surface area contributed by atoms with Crippen LogP contribution in [0.2, 0.25) is 0 Å². The predicted molar refractivity (Wildman–Crippen MR) is 126 cm³/mol. The molecule has 2 unspecified atom stereocenters. The van der Waals surface area contributed by atoms with Gasteiger partial charge in [0.1, 0.15) is 19.0 Å². The van der Waals surface area contributed by atoms with Crippen LogP contribution in [0.5, 0.6) is 11.8 Å². The second-order valence-electron chi connectivity index (χ2n) is 7.52. The summed E-state index contributed by atoms with van der Waals surface area (Å²) in [6, 6.07) is 22.2. The molecule has 164 valence electrons. The lowest BCUT2D eigenvalue weighted by Gasteiger charge is -2.34. The van der Waals surface area contributed by atoms with E-state index >= 15 is 0 Å². The number of ether oxygens (including phenoxy) is 2. The first kappa shape index (κ1) is 22.2. The van der Waals surface area contributed by atoms with Gasteiger partial charge in [-0.3, -0.25) is 0 Å². The fourth-order valence-electron chi connectivity index (χ4n) is 3.41. The van der Waals surface area contributed by atoms with Crippen molar-refractivity contribution >= 4 is 15.9 Å². The molecule has 1 aliphatic rings. The molecule has 5 nitrogen and oxygen atoms in total. The van der Waals surface area contributed by atoms with Gasteiger partial charge in [0.05, 0.1) is 16.1 Å². The summed E-state index contributed by atoms with van der Waals surface area (Å²) in [4.78, 5) is 4.54. The van der Waals surface area contributed by atoms with E-state index in [2.05, 4.69) is 20.9 Å². The van der Waals surface area contributed by atoms with Gasteiger partial charge in [-0.2, -0.15) is 4.98 Å². The number of halogens is 2. The average Bonchev–Trinajstić information content (AvgIpc) is 2.81. The fourth-order valence-corrected chi connectivity index (χ4v) is 3.81. The Kier molecular flexibility index (Phi) is 6.69. The van der Waals surface area contributed by atoms with Crippen molar-refractivity contribution < 1.29 is 13.9 Å². The summed E-state index contributed by atoms with van der Waals surface area (Å²) < 4.78 is 26.6. The monoisotopic (exact) mass is 495 g/mol. The van der Waals surface area contributed by atoms with E-state index in [1.54, 1.807) is 12.1 Å². The van der Waals surface area contributed by atoms with E-state index < -0.39 is 17.4 Å². The molecule has 32 heavy (non-hydrogen) atoms. The van der Waals surface area contributed by atoms with Crippen LogP contribution in [-0.4, -0.2) is 11.0 Å². The van der Waals surface area contributed by atoms with Gasteiger partial charge in [-0.15, -0.1) is 0 Å². The van der Waals surface area contributed by atoms with Gasteiger partial charge >= 0.3 is 0 Å². The maximum Gasteiger partial charge on any atom is 0.222 e. The molecule has 2 aromatic carbocycles. The van der Waals surface area contributed by atoms with E-state index in [1.807, 2.05) is 60.7 Å². The van der Waals surface area contributed by atoms with Crippen molar-refractivity contribution in [3.8, 4) is 11.8 Å². The van der Waals surface area contributed by atoms with Gasteiger partial charge in [-0.1, -0.05) is 60.7 Å². The Balaban J connectivity index is 1.65. The molecular formula is C25H23BrFN3O2. The summed E-state index contributed by atoms with van der Waals surface area (Å²) in [5.41, 5.74) is 14.0. The van der Waals surface area contributed by atoms with Gasteiger partial charge in [0.2, 0.25) is 11.8 Å². The van der Waals surface area contributed by atoms with Crippen LogP contribution >= 0.6 is 15.9 Å². The standard InChI is InChI=1S/C25H23BrFN3O2/c26-20-13-22(28)25(29,14-21(20)27)19-11-12-23(31-15-17-7-3-1-4-8-17)30-24(19)32-16-18-9-5-2-6-10-18/h1-14,22H,15-16,28-29H2. The lowest BCUT2D eigenvalue weighted by Crippen LogP contribution is -2.51. The number of nitrogens with two attached hydrogens (primary N) is 2. The Morgan fingerprint density at radius 2 is 1.50 bits per heavy atom. The largest absolute Gasteiger partial charge is 0.473 e. The van der Waals surface area contributed by atoms with Gasteiger partial charge < -0.3 is 20.9 Å². The molecule has 4 rings (SSSR count). The molecule has 0 aliphatic heterocycles. The molecule has 0 saturated heterocycles. The highest BCUT2D eigenvalue weighted by atomic mass is 79.9. The van der Waals surface area contributed by atoms with Crippen LogP contribution in [0.1, 0.15) is 16.7 Å². The first-order valence-corrected chi connectivity index (χ1v) is 10.9. The molecule has 7 heteroatoms. The molecule has 4 N–H and O–H groups in total. The summed E-state index contributed by atoms with van der Waals surface area (Å²) in [7, 11) is 0. The Hall–Kier alpha value is -3.00. The number of allylic oxidation sites excluding steroid dienone is 2. The number of hydrogen-bond donors (Lipinski definition) is 2. The van der Waals surface area contributed by atoms with E-state index in [0.717, 1.165) is 11.1 Å². The SMILES string of the molecule is NC1C=C(Br)C(F)=CC1(N)c1ccc(OCc2ccccc2)nc1OCc1ccccc1. The highest BCUT2D eigenvalue weighted by Crippen LogP contribution is 2.39. The third-order valence-corrected chi connectivity index (χ3v) is 5.86. The van der Waals surface area contributed by atoms with Crippen LogP contribution in [0.25, 0.3) is 0 Å². The molecule has 0 fully saturated rings. The quantitative estimate of drug-likeness (QED) is 0.488. The topological polar surface area (TPSA) is 83.4 Å². The average molecular weight is 496 g/mol. The molecule has 3 aromatic rings. The summed E-state index contributed by atoms with van der Waals surface area (Å²) in [5.74, 6) is 0.121. The second-order valence-corrected chi connectivity index (χ2v) is 8.37. The van der Waals surface area contributed by atoms with E-state index in [1.165, 1.54) is 12.2 Å². The van der Waals surface area contributed by atoms with Crippen LogP contribution in [0.15, 0.2) is 95.3 Å². The fraction of sp³-hybridized carbons (Fsp3) is 0.160. The minimum Gasteiger partial charge on any atom is -0.473 e. The number of pyridine rings is 1. The zero-order valence-electron chi connectivity index (χ0n) is 17.2. The number of aromatic nitrogens is 1. The van der Waals surface area contributed by atoms with Crippen LogP contribution in [0, 0.1) is 0 Å². The van der Waals surface area contributed by atoms with E-state index in [0.29, 0.717) is 18.1 Å². The van der Waals surface area contributed by atoms with Gasteiger partial charge in [-0.25, -0.2) is 4.39 Å². The van der Waals surface area contributed by atoms with E-state index in [-0.39, 0.29) is 17.0 Å². The second kappa shape index (κ2) is 9.65. The molecule has 1 aromatic heterocycles. The van der Waals surface area contributed by atoms with E-state index in [9.17, 15) is 4.39 Å². The van der Waals surface area contributed by atoms with Crippen molar-refractivity contribution in [3.63, 3.8) is 0 Å². The van der Waals surface area contributed by atoms with Crippen molar-refractivity contribution in [2.75, 3.05) is 0 Å². The Labute approximate surface area is 194 Å². The van der Waals surface area contributed by atoms with Crippen molar-refractivity contribution in [2.45, 2.75) is 24.8 Å². The van der Waals surface area contributed by atoms with Gasteiger partial charge in [0.25, 0.3) is 0 Å². The smallest absolute Gasteiger partial charge is 0.222 e. The van der Waals surface area contributed by atoms with Crippen molar-refractivity contribution in [3.05, 3.63) is 112 Å². The first-order chi connectivity index (χ1) is 15.5. The zero-order chi connectivity index (χ0) is 22.6.